The molecule has 1 saturated heterocycles. The average Bonchev–Trinajstić information content (AvgIpc) is 2.93. The second kappa shape index (κ2) is 6.40. The molecule has 5 heteroatoms. The largest absolute Gasteiger partial charge is 0.352 e. The van der Waals surface area contributed by atoms with E-state index in [-0.39, 0.29) is 5.91 Å². The molecule has 2 heterocycles. The Morgan fingerprint density at radius 1 is 1.12 bits per heavy atom. The standard InChI is InChI=1S/C19H18Cl2N2O/c20-14-5-6-18(21)12(7-14)9-23-10-13-8-22-19(24)16-4-2-1-3-15(16)17(13)11-23/h1-7,13,17H,8-11H2,(H,22,24)/t13-,17-/m0/s1. The third-order valence-electron chi connectivity index (χ3n) is 5.05. The maximum atomic E-state index is 12.2. The zero-order valence-electron chi connectivity index (χ0n) is 13.1. The number of carbonyl (C=O) groups excluding carboxylic acids is 1. The van der Waals surface area contributed by atoms with Gasteiger partial charge in [0.05, 0.1) is 0 Å². The van der Waals surface area contributed by atoms with Crippen molar-refractivity contribution in [2.24, 2.45) is 5.92 Å². The van der Waals surface area contributed by atoms with Crippen LogP contribution in [-0.4, -0.2) is 30.4 Å². The summed E-state index contributed by atoms with van der Waals surface area (Å²) < 4.78 is 0. The number of fused-ring (bicyclic) bond motifs is 3. The molecule has 24 heavy (non-hydrogen) atoms. The van der Waals surface area contributed by atoms with Crippen molar-refractivity contribution in [1.29, 1.82) is 0 Å². The topological polar surface area (TPSA) is 32.3 Å². The van der Waals surface area contributed by atoms with E-state index >= 15 is 0 Å². The SMILES string of the molecule is O=C1NC[C@H]2CN(Cc3cc(Cl)ccc3Cl)C[C@@H]2c2ccccc21. The highest BCUT2D eigenvalue weighted by molar-refractivity contribution is 6.33. The van der Waals surface area contributed by atoms with Crippen molar-refractivity contribution in [3.8, 4) is 0 Å². The number of hydrogen-bond acceptors (Lipinski definition) is 2. The van der Waals surface area contributed by atoms with Crippen molar-refractivity contribution in [2.45, 2.75) is 12.5 Å². The average molecular weight is 361 g/mol. The lowest BCUT2D eigenvalue weighted by Crippen LogP contribution is -2.29. The minimum Gasteiger partial charge on any atom is -0.352 e. The van der Waals surface area contributed by atoms with Crippen LogP contribution in [0.1, 0.15) is 27.4 Å². The molecule has 124 valence electrons. The molecule has 0 spiro atoms. The van der Waals surface area contributed by atoms with Crippen molar-refractivity contribution in [3.63, 3.8) is 0 Å². The Bertz CT molecular complexity index is 793. The van der Waals surface area contributed by atoms with Crippen LogP contribution < -0.4 is 5.32 Å². The molecule has 1 N–H and O–H groups in total. The lowest BCUT2D eigenvalue weighted by Gasteiger charge is -2.18. The highest BCUT2D eigenvalue weighted by Crippen LogP contribution is 2.37. The van der Waals surface area contributed by atoms with E-state index in [1.165, 1.54) is 0 Å². The van der Waals surface area contributed by atoms with Crippen LogP contribution in [0, 0.1) is 5.92 Å². The summed E-state index contributed by atoms with van der Waals surface area (Å²) in [6.45, 7) is 3.38. The number of amides is 1. The van der Waals surface area contributed by atoms with Crippen LogP contribution in [-0.2, 0) is 6.54 Å². The summed E-state index contributed by atoms with van der Waals surface area (Å²) in [6, 6.07) is 13.6. The molecule has 0 bridgehead atoms. The van der Waals surface area contributed by atoms with E-state index in [1.54, 1.807) is 0 Å². The minimum absolute atomic E-state index is 0.0458. The molecule has 0 aromatic heterocycles. The van der Waals surface area contributed by atoms with Crippen LogP contribution >= 0.6 is 23.2 Å². The van der Waals surface area contributed by atoms with Gasteiger partial charge in [-0.2, -0.15) is 0 Å². The van der Waals surface area contributed by atoms with E-state index in [0.29, 0.717) is 16.9 Å². The maximum Gasteiger partial charge on any atom is 0.251 e. The number of likely N-dealkylation sites (tertiary alicyclic amines) is 1. The quantitative estimate of drug-likeness (QED) is 0.879. The van der Waals surface area contributed by atoms with Gasteiger partial charge >= 0.3 is 0 Å². The van der Waals surface area contributed by atoms with Gasteiger partial charge in [-0.1, -0.05) is 41.4 Å². The molecule has 4 rings (SSSR count). The van der Waals surface area contributed by atoms with Gasteiger partial charge in [0.25, 0.3) is 5.91 Å². The Labute approximate surface area is 151 Å². The lowest BCUT2D eigenvalue weighted by molar-refractivity contribution is 0.0951. The van der Waals surface area contributed by atoms with E-state index in [1.807, 2.05) is 36.4 Å². The first kappa shape index (κ1) is 15.9. The lowest BCUT2D eigenvalue weighted by atomic mass is 9.87. The highest BCUT2D eigenvalue weighted by Gasteiger charge is 2.37. The number of nitrogens with one attached hydrogen (secondary N) is 1. The molecular weight excluding hydrogens is 343 g/mol. The predicted octanol–water partition coefficient (Wildman–Crippen LogP) is 3.95. The molecule has 2 aromatic rings. The van der Waals surface area contributed by atoms with Gasteiger partial charge < -0.3 is 5.32 Å². The van der Waals surface area contributed by atoms with E-state index in [0.717, 1.165) is 47.9 Å². The molecule has 2 aliphatic heterocycles. The number of rotatable bonds is 2. The monoisotopic (exact) mass is 360 g/mol. The van der Waals surface area contributed by atoms with Gasteiger partial charge in [-0.15, -0.1) is 0 Å². The normalized spacial score (nSPS) is 23.3. The first-order valence-electron chi connectivity index (χ1n) is 8.15. The van der Waals surface area contributed by atoms with Crippen LogP contribution in [0.15, 0.2) is 42.5 Å². The molecule has 2 aromatic carbocycles. The summed E-state index contributed by atoms with van der Waals surface area (Å²) in [6.07, 6.45) is 0. The summed E-state index contributed by atoms with van der Waals surface area (Å²) >= 11 is 12.4. The summed E-state index contributed by atoms with van der Waals surface area (Å²) in [5.74, 6) is 0.845. The second-order valence-corrected chi connectivity index (χ2v) is 7.44. The molecule has 2 aliphatic rings. The van der Waals surface area contributed by atoms with Gasteiger partial charge in [-0.25, -0.2) is 0 Å². The van der Waals surface area contributed by atoms with Crippen LogP contribution in [0.4, 0.5) is 0 Å². The van der Waals surface area contributed by atoms with Crippen LogP contribution in [0.25, 0.3) is 0 Å². The zero-order valence-corrected chi connectivity index (χ0v) is 14.6. The van der Waals surface area contributed by atoms with Gasteiger partial charge in [0, 0.05) is 47.7 Å². The maximum absolute atomic E-state index is 12.2. The molecule has 3 nitrogen and oxygen atoms in total. The van der Waals surface area contributed by atoms with E-state index in [4.69, 9.17) is 23.2 Å². The Hall–Kier alpha value is -1.55. The third-order valence-corrected chi connectivity index (χ3v) is 5.65. The van der Waals surface area contributed by atoms with Crippen LogP contribution in [0.5, 0.6) is 0 Å². The molecule has 0 radical (unpaired) electrons. The number of carbonyl (C=O) groups is 1. The Balaban J connectivity index is 1.59. The Kier molecular flexibility index (Phi) is 4.25. The minimum atomic E-state index is 0.0458. The number of nitrogens with zero attached hydrogens (tertiary/aromatic N) is 1. The fraction of sp³-hybridized carbons (Fsp3) is 0.316. The highest BCUT2D eigenvalue weighted by atomic mass is 35.5. The molecule has 2 atom stereocenters. The summed E-state index contributed by atoms with van der Waals surface area (Å²) in [4.78, 5) is 14.6. The number of hydrogen-bond donors (Lipinski definition) is 1. The van der Waals surface area contributed by atoms with E-state index in [2.05, 4.69) is 16.3 Å². The molecular formula is C19H18Cl2N2O. The number of benzene rings is 2. The van der Waals surface area contributed by atoms with Crippen molar-refractivity contribution in [1.82, 2.24) is 10.2 Å². The molecule has 0 aliphatic carbocycles. The first-order valence-corrected chi connectivity index (χ1v) is 8.91. The van der Waals surface area contributed by atoms with Crippen molar-refractivity contribution in [2.75, 3.05) is 19.6 Å². The van der Waals surface area contributed by atoms with Gasteiger partial charge in [0.1, 0.15) is 0 Å². The third kappa shape index (κ3) is 2.92. The van der Waals surface area contributed by atoms with Crippen molar-refractivity contribution < 1.29 is 4.79 Å². The molecule has 0 saturated carbocycles. The Morgan fingerprint density at radius 3 is 2.83 bits per heavy atom. The summed E-state index contributed by atoms with van der Waals surface area (Å²) in [5, 5.41) is 4.52. The Morgan fingerprint density at radius 2 is 1.96 bits per heavy atom. The molecule has 1 fully saturated rings. The van der Waals surface area contributed by atoms with E-state index in [9.17, 15) is 4.79 Å². The van der Waals surface area contributed by atoms with Gasteiger partial charge in [0.15, 0.2) is 0 Å². The number of halogens is 2. The first-order chi connectivity index (χ1) is 11.6. The smallest absolute Gasteiger partial charge is 0.251 e. The molecule has 1 amide bonds. The predicted molar refractivity (Wildman–Crippen MR) is 96.7 cm³/mol. The molecule has 0 unspecified atom stereocenters. The van der Waals surface area contributed by atoms with Gasteiger partial charge in [-0.05, 0) is 41.3 Å². The van der Waals surface area contributed by atoms with Crippen LogP contribution in [0.3, 0.4) is 0 Å². The summed E-state index contributed by atoms with van der Waals surface area (Å²) in [7, 11) is 0. The van der Waals surface area contributed by atoms with Crippen molar-refractivity contribution >= 4 is 29.1 Å². The fourth-order valence-electron chi connectivity index (χ4n) is 3.90. The second-order valence-electron chi connectivity index (χ2n) is 6.59. The fourth-order valence-corrected chi connectivity index (χ4v) is 4.27. The van der Waals surface area contributed by atoms with Crippen LogP contribution in [0.2, 0.25) is 10.0 Å². The zero-order chi connectivity index (χ0) is 16.7. The van der Waals surface area contributed by atoms with Gasteiger partial charge in [-0.3, -0.25) is 9.69 Å². The van der Waals surface area contributed by atoms with E-state index < -0.39 is 0 Å². The summed E-state index contributed by atoms with van der Waals surface area (Å²) in [5.41, 5.74) is 3.03. The van der Waals surface area contributed by atoms with Gasteiger partial charge in [0.2, 0.25) is 0 Å². The van der Waals surface area contributed by atoms with Crippen molar-refractivity contribution in [3.05, 3.63) is 69.2 Å².